The van der Waals surface area contributed by atoms with Gasteiger partial charge >= 0.3 is 0 Å². The molecule has 1 aliphatic heterocycles. The largest absolute Gasteiger partial charge is 0.314 e. The van der Waals surface area contributed by atoms with Crippen molar-refractivity contribution in [3.63, 3.8) is 0 Å². The molecule has 1 saturated carbocycles. The number of nitrogens with zero attached hydrogens (tertiary/aromatic N) is 1. The highest BCUT2D eigenvalue weighted by Gasteiger charge is 2.47. The third-order valence-corrected chi connectivity index (χ3v) is 7.38. The molecule has 0 N–H and O–H groups in total. The van der Waals surface area contributed by atoms with Crippen LogP contribution in [-0.2, 0) is 4.79 Å². The molecule has 21 heavy (non-hydrogen) atoms. The summed E-state index contributed by atoms with van der Waals surface area (Å²) < 4.78 is 2.79. The molecular weight excluding hydrogens is 274 g/mol. The Labute approximate surface area is 129 Å². The third kappa shape index (κ3) is 2.86. The first kappa shape index (κ1) is 15.0. The zero-order valence-electron chi connectivity index (χ0n) is 13.5. The maximum atomic E-state index is 12.7. The van der Waals surface area contributed by atoms with Gasteiger partial charge in [0.15, 0.2) is 0 Å². The lowest BCUT2D eigenvalue weighted by molar-refractivity contribution is -0.131. The topological polar surface area (TPSA) is 20.3 Å². The lowest BCUT2D eigenvalue weighted by atomic mass is 9.76. The average molecular weight is 302 g/mol. The van der Waals surface area contributed by atoms with E-state index in [-0.39, 0.29) is 0 Å². The highest BCUT2D eigenvalue weighted by Crippen LogP contribution is 2.44. The van der Waals surface area contributed by atoms with Gasteiger partial charge in [-0.25, -0.2) is 0 Å². The molecule has 0 spiro atoms. The lowest BCUT2D eigenvalue weighted by Crippen LogP contribution is -2.61. The molecule has 1 aromatic rings. The van der Waals surface area contributed by atoms with Gasteiger partial charge in [-0.3, -0.25) is 4.79 Å². The van der Waals surface area contributed by atoms with Crippen LogP contribution in [0.25, 0.3) is 0 Å². The van der Waals surface area contributed by atoms with Crippen LogP contribution < -0.4 is 0 Å². The van der Waals surface area contributed by atoms with Crippen LogP contribution in [0.3, 0.4) is 0 Å². The lowest BCUT2D eigenvalue weighted by Gasteiger charge is -2.53. The van der Waals surface area contributed by atoms with E-state index in [0.29, 0.717) is 23.8 Å². The molecule has 3 rings (SSSR count). The van der Waals surface area contributed by atoms with E-state index in [4.69, 9.17) is 0 Å². The fourth-order valence-corrected chi connectivity index (χ4v) is 6.89. The molecule has 1 aliphatic carbocycles. The highest BCUT2D eigenvalue weighted by molar-refractivity contribution is 6.73. The average Bonchev–Trinajstić information content (AvgIpc) is 2.47. The van der Waals surface area contributed by atoms with Gasteiger partial charge in [0.25, 0.3) is 0 Å². The smallest absolute Gasteiger partial charge is 0.139 e. The Morgan fingerprint density at radius 2 is 1.71 bits per heavy atom. The quantitative estimate of drug-likeness (QED) is 0.755. The normalized spacial score (nSPS) is 31.0. The van der Waals surface area contributed by atoms with Gasteiger partial charge in [0.1, 0.15) is 14.0 Å². The van der Waals surface area contributed by atoms with Crippen molar-refractivity contribution in [2.45, 2.75) is 63.8 Å². The van der Waals surface area contributed by atoms with Crippen molar-refractivity contribution < 1.29 is 4.79 Å². The van der Waals surface area contributed by atoms with E-state index in [1.165, 1.54) is 24.8 Å². The van der Waals surface area contributed by atoms with Crippen LogP contribution in [0.1, 0.15) is 43.7 Å². The standard InChI is InChI=1S/C18H27NOSi/c1-21(2,3)19-16-12-8-7-11-15(16)18(20)13-17(19)14-9-5-4-6-10-14/h4-6,9-10,15-17H,7-8,11-13H2,1-3H3/t15-,16+,17-/m1/s1. The maximum Gasteiger partial charge on any atom is 0.139 e. The Hall–Kier alpha value is -0.933. The number of piperidine rings is 1. The van der Waals surface area contributed by atoms with Gasteiger partial charge in [0.05, 0.1) is 0 Å². The monoisotopic (exact) mass is 301 g/mol. The molecule has 1 saturated heterocycles. The predicted octanol–water partition coefficient (Wildman–Crippen LogP) is 4.40. The number of benzene rings is 1. The first-order valence-corrected chi connectivity index (χ1v) is 11.8. The minimum Gasteiger partial charge on any atom is -0.314 e. The summed E-state index contributed by atoms with van der Waals surface area (Å²) in [5.41, 5.74) is 1.33. The molecule has 0 aromatic heterocycles. The fourth-order valence-electron chi connectivity index (χ4n) is 4.41. The Morgan fingerprint density at radius 3 is 2.38 bits per heavy atom. The summed E-state index contributed by atoms with van der Waals surface area (Å²) in [5, 5.41) is 0. The van der Waals surface area contributed by atoms with E-state index < -0.39 is 8.24 Å². The van der Waals surface area contributed by atoms with E-state index in [1.54, 1.807) is 0 Å². The van der Waals surface area contributed by atoms with Crippen LogP contribution in [0, 0.1) is 5.92 Å². The summed E-state index contributed by atoms with van der Waals surface area (Å²) in [7, 11) is -1.46. The van der Waals surface area contributed by atoms with Gasteiger partial charge in [0, 0.05) is 24.4 Å². The highest BCUT2D eigenvalue weighted by atomic mass is 28.3. The summed E-state index contributed by atoms with van der Waals surface area (Å²) in [4.78, 5) is 12.7. The van der Waals surface area contributed by atoms with Crippen LogP contribution in [0.2, 0.25) is 19.6 Å². The van der Waals surface area contributed by atoms with Gasteiger partial charge in [-0.15, -0.1) is 0 Å². The molecule has 0 bridgehead atoms. The summed E-state index contributed by atoms with van der Waals surface area (Å²) in [6.07, 6.45) is 5.57. The van der Waals surface area contributed by atoms with E-state index in [2.05, 4.69) is 54.5 Å². The van der Waals surface area contributed by atoms with Gasteiger partial charge in [-0.05, 0) is 18.4 Å². The van der Waals surface area contributed by atoms with Crippen LogP contribution >= 0.6 is 0 Å². The first-order chi connectivity index (χ1) is 9.98. The molecule has 114 valence electrons. The zero-order valence-corrected chi connectivity index (χ0v) is 14.5. The number of hydrogen-bond acceptors (Lipinski definition) is 2. The van der Waals surface area contributed by atoms with Gasteiger partial charge in [-0.2, -0.15) is 0 Å². The minimum atomic E-state index is -1.46. The van der Waals surface area contributed by atoms with E-state index in [0.717, 1.165) is 12.8 Å². The van der Waals surface area contributed by atoms with Crippen LogP contribution in [0.5, 0.6) is 0 Å². The Bertz CT molecular complexity index is 508. The molecule has 2 aliphatic rings. The summed E-state index contributed by atoms with van der Waals surface area (Å²) in [5.74, 6) is 0.827. The van der Waals surface area contributed by atoms with Crippen molar-refractivity contribution in [3.8, 4) is 0 Å². The SMILES string of the molecule is C[Si](C)(C)N1[C@@H](c2ccccc2)CC(=O)[C@@H]2CCCC[C@@H]21. The summed E-state index contributed by atoms with van der Waals surface area (Å²) in [6, 6.07) is 11.5. The molecule has 1 aromatic carbocycles. The number of carbonyl (C=O) groups is 1. The number of ketones is 1. The summed E-state index contributed by atoms with van der Waals surface area (Å²) >= 11 is 0. The van der Waals surface area contributed by atoms with Crippen molar-refractivity contribution in [1.82, 2.24) is 4.57 Å². The number of rotatable bonds is 2. The fraction of sp³-hybridized carbons (Fsp3) is 0.611. The van der Waals surface area contributed by atoms with Crippen molar-refractivity contribution in [2.75, 3.05) is 0 Å². The minimum absolute atomic E-state index is 0.310. The molecule has 3 atom stereocenters. The van der Waals surface area contributed by atoms with Gasteiger partial charge < -0.3 is 4.57 Å². The van der Waals surface area contributed by atoms with Gasteiger partial charge in [0.2, 0.25) is 0 Å². The van der Waals surface area contributed by atoms with E-state index in [1.807, 2.05) is 0 Å². The molecule has 2 nitrogen and oxygen atoms in total. The Kier molecular flexibility index (Phi) is 4.06. The van der Waals surface area contributed by atoms with Crippen molar-refractivity contribution in [2.24, 2.45) is 5.92 Å². The Morgan fingerprint density at radius 1 is 1.05 bits per heavy atom. The van der Waals surface area contributed by atoms with Crippen molar-refractivity contribution in [3.05, 3.63) is 35.9 Å². The molecule has 0 amide bonds. The van der Waals surface area contributed by atoms with Crippen LogP contribution in [-0.4, -0.2) is 24.6 Å². The number of hydrogen-bond donors (Lipinski definition) is 0. The van der Waals surface area contributed by atoms with Crippen molar-refractivity contribution in [1.29, 1.82) is 0 Å². The molecule has 0 radical (unpaired) electrons. The first-order valence-electron chi connectivity index (χ1n) is 8.34. The Balaban J connectivity index is 2.00. The zero-order chi connectivity index (χ0) is 15.0. The second-order valence-electron chi connectivity index (χ2n) is 7.63. The molecular formula is C18H27NOSi. The van der Waals surface area contributed by atoms with Gasteiger partial charge in [-0.1, -0.05) is 62.8 Å². The third-order valence-electron chi connectivity index (χ3n) is 5.19. The molecule has 1 heterocycles. The molecule has 3 heteroatoms. The maximum absolute atomic E-state index is 12.7. The van der Waals surface area contributed by atoms with E-state index in [9.17, 15) is 4.79 Å². The second-order valence-corrected chi connectivity index (χ2v) is 12.5. The van der Waals surface area contributed by atoms with Crippen LogP contribution in [0.15, 0.2) is 30.3 Å². The molecule has 2 fully saturated rings. The number of fused-ring (bicyclic) bond motifs is 1. The second kappa shape index (κ2) is 5.69. The molecule has 0 unspecified atom stereocenters. The number of carbonyl (C=O) groups excluding carboxylic acids is 1. The van der Waals surface area contributed by atoms with Crippen LogP contribution in [0.4, 0.5) is 0 Å². The van der Waals surface area contributed by atoms with E-state index >= 15 is 0 Å². The van der Waals surface area contributed by atoms with Crippen molar-refractivity contribution >= 4 is 14.0 Å². The summed E-state index contributed by atoms with van der Waals surface area (Å²) in [6.45, 7) is 7.30. The predicted molar refractivity (Wildman–Crippen MR) is 89.7 cm³/mol. The number of Topliss-reactive ketones (excluding diaryl/α,β-unsaturated/α-hetero) is 1.